The summed E-state index contributed by atoms with van der Waals surface area (Å²) < 4.78 is 7.76. The van der Waals surface area contributed by atoms with Crippen LogP contribution in [-0.4, -0.2) is 33.4 Å². The molecule has 0 aliphatic carbocycles. The predicted molar refractivity (Wildman–Crippen MR) is 90.7 cm³/mol. The van der Waals surface area contributed by atoms with Gasteiger partial charge in [-0.1, -0.05) is 0 Å². The number of amides is 2. The number of carbonyl (C=O) groups excluding carboxylic acids is 1. The second kappa shape index (κ2) is 7.44. The van der Waals surface area contributed by atoms with Crippen LogP contribution in [0.4, 0.5) is 10.5 Å². The Kier molecular flexibility index (Phi) is 5.10. The van der Waals surface area contributed by atoms with Gasteiger partial charge in [-0.05, 0) is 38.8 Å². The van der Waals surface area contributed by atoms with Crippen molar-refractivity contribution in [3.05, 3.63) is 42.0 Å². The van der Waals surface area contributed by atoms with Gasteiger partial charge in [0, 0.05) is 42.5 Å². The third-order valence-corrected chi connectivity index (χ3v) is 4.10. The molecule has 2 aromatic heterocycles. The van der Waals surface area contributed by atoms with Crippen molar-refractivity contribution in [3.8, 4) is 0 Å². The summed E-state index contributed by atoms with van der Waals surface area (Å²) in [7, 11) is 0. The maximum Gasteiger partial charge on any atom is 0.319 e. The molecule has 0 saturated carbocycles. The van der Waals surface area contributed by atoms with Crippen LogP contribution in [0.5, 0.6) is 0 Å². The molecule has 24 heavy (non-hydrogen) atoms. The number of hydrogen-bond acceptors (Lipinski definition) is 4. The van der Waals surface area contributed by atoms with Crippen LogP contribution in [0.3, 0.4) is 0 Å². The Labute approximate surface area is 141 Å². The van der Waals surface area contributed by atoms with Crippen LogP contribution in [0.15, 0.2) is 30.7 Å². The third kappa shape index (κ3) is 3.91. The summed E-state index contributed by atoms with van der Waals surface area (Å²) in [5.41, 5.74) is 2.59. The van der Waals surface area contributed by atoms with E-state index in [1.807, 2.05) is 37.0 Å². The van der Waals surface area contributed by atoms with Gasteiger partial charge in [-0.25, -0.2) is 4.79 Å². The topological polar surface area (TPSA) is 81.1 Å². The van der Waals surface area contributed by atoms with Crippen molar-refractivity contribution in [1.29, 1.82) is 0 Å². The van der Waals surface area contributed by atoms with E-state index < -0.39 is 0 Å². The molecular formula is C17H23N5O2. The van der Waals surface area contributed by atoms with E-state index >= 15 is 0 Å². The summed E-state index contributed by atoms with van der Waals surface area (Å²) in [5.74, 6) is 0. The fraction of sp³-hybridized carbons (Fsp3) is 0.471. The zero-order valence-corrected chi connectivity index (χ0v) is 14.0. The van der Waals surface area contributed by atoms with Gasteiger partial charge in [0.2, 0.25) is 0 Å². The molecule has 0 unspecified atom stereocenters. The lowest BCUT2D eigenvalue weighted by Gasteiger charge is -2.31. The van der Waals surface area contributed by atoms with Crippen molar-refractivity contribution in [2.75, 3.05) is 11.9 Å². The highest BCUT2D eigenvalue weighted by molar-refractivity contribution is 5.89. The highest BCUT2D eigenvalue weighted by Gasteiger charge is 2.29. The third-order valence-electron chi connectivity index (χ3n) is 4.10. The Morgan fingerprint density at radius 3 is 3.12 bits per heavy atom. The van der Waals surface area contributed by atoms with Crippen molar-refractivity contribution in [1.82, 2.24) is 20.1 Å². The molecular weight excluding hydrogens is 306 g/mol. The van der Waals surface area contributed by atoms with E-state index in [1.54, 1.807) is 12.3 Å². The summed E-state index contributed by atoms with van der Waals surface area (Å²) in [6.07, 6.45) is 7.12. The van der Waals surface area contributed by atoms with E-state index in [2.05, 4.69) is 20.7 Å². The van der Waals surface area contributed by atoms with Gasteiger partial charge in [-0.2, -0.15) is 5.10 Å². The number of ether oxygens (including phenoxy) is 1. The van der Waals surface area contributed by atoms with Gasteiger partial charge < -0.3 is 15.4 Å². The Balaban J connectivity index is 1.66. The summed E-state index contributed by atoms with van der Waals surface area (Å²) >= 11 is 0. The van der Waals surface area contributed by atoms with Gasteiger partial charge in [0.25, 0.3) is 0 Å². The summed E-state index contributed by atoms with van der Waals surface area (Å²) in [6.45, 7) is 5.44. The maximum atomic E-state index is 12.3. The molecule has 0 radical (unpaired) electrons. The molecule has 0 aromatic carbocycles. The van der Waals surface area contributed by atoms with Gasteiger partial charge in [0.05, 0.1) is 12.2 Å². The number of nitrogens with one attached hydrogen (secondary N) is 2. The smallest absolute Gasteiger partial charge is 0.319 e. The molecule has 7 nitrogen and oxygen atoms in total. The molecule has 0 spiro atoms. The minimum Gasteiger partial charge on any atom is -0.371 e. The average molecular weight is 329 g/mol. The van der Waals surface area contributed by atoms with Crippen LogP contribution in [0.1, 0.15) is 37.1 Å². The molecule has 7 heteroatoms. The van der Waals surface area contributed by atoms with Crippen LogP contribution in [0.2, 0.25) is 0 Å². The van der Waals surface area contributed by atoms with Crippen molar-refractivity contribution in [3.63, 3.8) is 0 Å². The number of anilines is 1. The highest BCUT2D eigenvalue weighted by Crippen LogP contribution is 2.28. The van der Waals surface area contributed by atoms with Crippen molar-refractivity contribution in [2.45, 2.75) is 45.4 Å². The first-order valence-electron chi connectivity index (χ1n) is 8.30. The Morgan fingerprint density at radius 1 is 1.50 bits per heavy atom. The lowest BCUT2D eigenvalue weighted by atomic mass is 9.98. The van der Waals surface area contributed by atoms with Crippen molar-refractivity contribution in [2.24, 2.45) is 0 Å². The van der Waals surface area contributed by atoms with E-state index in [4.69, 9.17) is 4.74 Å². The number of aromatic nitrogens is 3. The van der Waals surface area contributed by atoms with E-state index in [9.17, 15) is 4.79 Å². The summed E-state index contributed by atoms with van der Waals surface area (Å²) in [6, 6.07) is 3.30. The molecule has 3 rings (SSSR count). The molecule has 0 bridgehead atoms. The number of carbonyl (C=O) groups is 1. The second-order valence-corrected chi connectivity index (χ2v) is 5.95. The fourth-order valence-electron chi connectivity index (χ4n) is 2.92. The van der Waals surface area contributed by atoms with Crippen molar-refractivity contribution < 1.29 is 9.53 Å². The van der Waals surface area contributed by atoms with Crippen LogP contribution >= 0.6 is 0 Å². The van der Waals surface area contributed by atoms with Gasteiger partial charge in [-0.3, -0.25) is 9.67 Å². The molecule has 2 atom stereocenters. The Morgan fingerprint density at radius 2 is 2.38 bits per heavy atom. The first-order valence-corrected chi connectivity index (χ1v) is 8.30. The Hall–Kier alpha value is -2.41. The average Bonchev–Trinajstić information content (AvgIpc) is 3.04. The monoisotopic (exact) mass is 329 g/mol. The van der Waals surface area contributed by atoms with E-state index in [1.165, 1.54) is 0 Å². The second-order valence-electron chi connectivity index (χ2n) is 5.95. The largest absolute Gasteiger partial charge is 0.371 e. The predicted octanol–water partition coefficient (Wildman–Crippen LogP) is 2.65. The fourth-order valence-corrected chi connectivity index (χ4v) is 2.92. The Bertz CT molecular complexity index is 700. The van der Waals surface area contributed by atoms with Gasteiger partial charge in [0.15, 0.2) is 0 Å². The lowest BCUT2D eigenvalue weighted by Crippen LogP contribution is -2.44. The zero-order chi connectivity index (χ0) is 16.9. The van der Waals surface area contributed by atoms with Crippen LogP contribution in [-0.2, 0) is 11.3 Å². The first kappa shape index (κ1) is 16.4. The van der Waals surface area contributed by atoms with Gasteiger partial charge in [-0.15, -0.1) is 0 Å². The maximum absolute atomic E-state index is 12.3. The normalized spacial score (nSPS) is 20.6. The quantitative estimate of drug-likeness (QED) is 0.903. The number of rotatable bonds is 4. The number of urea groups is 1. The standard InChI is InChI=1S/C17H23N5O2/c1-3-22-11-13(10-19-22)16-15(5-4-8-24-16)21-17(23)20-14-6-7-18-12(2)9-14/h6-7,9-11,15-16H,3-5,8H2,1-2H3,(H2,18,20,21,23)/t15-,16+/m0/s1. The summed E-state index contributed by atoms with van der Waals surface area (Å²) in [5, 5.41) is 10.2. The zero-order valence-electron chi connectivity index (χ0n) is 14.0. The van der Waals surface area contributed by atoms with Crippen LogP contribution in [0, 0.1) is 6.92 Å². The molecule has 2 N–H and O–H groups in total. The molecule has 1 aliphatic rings. The SMILES string of the molecule is CCn1cc([C@H]2OCCC[C@@H]2NC(=O)Nc2ccnc(C)c2)cn1. The molecule has 3 heterocycles. The van der Waals surface area contributed by atoms with E-state index in [0.717, 1.165) is 36.3 Å². The van der Waals surface area contributed by atoms with Gasteiger partial charge in [0.1, 0.15) is 6.10 Å². The molecule has 128 valence electrons. The number of hydrogen-bond donors (Lipinski definition) is 2. The van der Waals surface area contributed by atoms with Crippen LogP contribution < -0.4 is 10.6 Å². The summed E-state index contributed by atoms with van der Waals surface area (Å²) in [4.78, 5) is 16.4. The van der Waals surface area contributed by atoms with Gasteiger partial charge >= 0.3 is 6.03 Å². The van der Waals surface area contributed by atoms with E-state index in [-0.39, 0.29) is 18.2 Å². The first-order chi connectivity index (χ1) is 11.7. The minimum atomic E-state index is -0.232. The van der Waals surface area contributed by atoms with Crippen LogP contribution in [0.25, 0.3) is 0 Å². The molecule has 1 fully saturated rings. The molecule has 2 aromatic rings. The lowest BCUT2D eigenvalue weighted by molar-refractivity contribution is -0.00701. The molecule has 1 aliphatic heterocycles. The van der Waals surface area contributed by atoms with E-state index in [0.29, 0.717) is 6.61 Å². The number of pyridine rings is 1. The number of aryl methyl sites for hydroxylation is 2. The minimum absolute atomic E-state index is 0.0730. The highest BCUT2D eigenvalue weighted by atomic mass is 16.5. The van der Waals surface area contributed by atoms with Crippen molar-refractivity contribution >= 4 is 11.7 Å². The number of nitrogens with zero attached hydrogens (tertiary/aromatic N) is 3. The molecule has 2 amide bonds. The molecule has 1 saturated heterocycles.